The Kier molecular flexibility index (Phi) is 4.34. The summed E-state index contributed by atoms with van der Waals surface area (Å²) < 4.78 is 0. The van der Waals surface area contributed by atoms with Gasteiger partial charge in [0, 0.05) is 30.9 Å². The lowest BCUT2D eigenvalue weighted by molar-refractivity contribution is 0.0954. The van der Waals surface area contributed by atoms with E-state index in [9.17, 15) is 4.79 Å². The van der Waals surface area contributed by atoms with Gasteiger partial charge in [-0.15, -0.1) is 0 Å². The number of aromatic amines is 1. The third kappa shape index (κ3) is 3.68. The molecule has 0 saturated heterocycles. The van der Waals surface area contributed by atoms with Crippen LogP contribution >= 0.6 is 0 Å². The van der Waals surface area contributed by atoms with E-state index >= 15 is 0 Å². The van der Waals surface area contributed by atoms with Crippen molar-refractivity contribution < 1.29 is 4.79 Å². The van der Waals surface area contributed by atoms with Gasteiger partial charge in [-0.2, -0.15) is 0 Å². The molecule has 0 saturated carbocycles. The van der Waals surface area contributed by atoms with E-state index in [0.29, 0.717) is 24.4 Å². The molecule has 4 heteroatoms. The molecule has 1 heterocycles. The van der Waals surface area contributed by atoms with Crippen molar-refractivity contribution in [3.63, 3.8) is 0 Å². The van der Waals surface area contributed by atoms with Crippen molar-refractivity contribution in [1.29, 1.82) is 0 Å². The van der Waals surface area contributed by atoms with Crippen LogP contribution in [0, 0.1) is 0 Å². The third-order valence-electron chi connectivity index (χ3n) is 3.02. The van der Waals surface area contributed by atoms with Gasteiger partial charge in [-0.25, -0.2) is 4.98 Å². The highest BCUT2D eigenvalue weighted by molar-refractivity contribution is 5.94. The van der Waals surface area contributed by atoms with E-state index in [0.717, 1.165) is 5.82 Å². The van der Waals surface area contributed by atoms with Crippen LogP contribution in [0.2, 0.25) is 0 Å². The molecule has 1 aromatic carbocycles. The maximum absolute atomic E-state index is 12.0. The van der Waals surface area contributed by atoms with Crippen LogP contribution in [-0.2, 0) is 6.42 Å². The summed E-state index contributed by atoms with van der Waals surface area (Å²) in [5.74, 6) is 1.28. The Labute approximate surface area is 113 Å². The highest BCUT2D eigenvalue weighted by atomic mass is 16.1. The summed E-state index contributed by atoms with van der Waals surface area (Å²) in [6, 6.07) is 7.77. The van der Waals surface area contributed by atoms with Crippen LogP contribution in [0.3, 0.4) is 0 Å². The smallest absolute Gasteiger partial charge is 0.251 e. The minimum absolute atomic E-state index is 0.0333. The average molecular weight is 257 g/mol. The van der Waals surface area contributed by atoms with Crippen molar-refractivity contribution in [1.82, 2.24) is 15.3 Å². The number of benzene rings is 1. The third-order valence-corrected chi connectivity index (χ3v) is 3.02. The van der Waals surface area contributed by atoms with Crippen LogP contribution in [0.1, 0.15) is 41.5 Å². The largest absolute Gasteiger partial charge is 0.352 e. The molecular formula is C15H19N3O. The molecule has 0 aliphatic heterocycles. The fraction of sp³-hybridized carbons (Fsp3) is 0.333. The van der Waals surface area contributed by atoms with Gasteiger partial charge in [0.05, 0.1) is 0 Å². The van der Waals surface area contributed by atoms with E-state index in [1.807, 2.05) is 24.3 Å². The molecule has 2 rings (SSSR count). The Bertz CT molecular complexity index is 532. The Hall–Kier alpha value is -2.10. The van der Waals surface area contributed by atoms with Gasteiger partial charge in [-0.3, -0.25) is 4.79 Å². The predicted molar refractivity (Wildman–Crippen MR) is 75.2 cm³/mol. The number of amides is 1. The summed E-state index contributed by atoms with van der Waals surface area (Å²) in [5, 5.41) is 2.90. The summed E-state index contributed by atoms with van der Waals surface area (Å²) in [6.07, 6.45) is 4.20. The molecular weight excluding hydrogens is 238 g/mol. The first kappa shape index (κ1) is 13.3. The molecule has 0 unspecified atom stereocenters. The Balaban J connectivity index is 1.90. The highest BCUT2D eigenvalue weighted by Crippen LogP contribution is 2.15. The second-order valence-corrected chi connectivity index (χ2v) is 4.82. The monoisotopic (exact) mass is 257 g/mol. The fourth-order valence-electron chi connectivity index (χ4n) is 1.87. The van der Waals surface area contributed by atoms with Crippen molar-refractivity contribution >= 4 is 5.91 Å². The van der Waals surface area contributed by atoms with Crippen molar-refractivity contribution in [2.24, 2.45) is 0 Å². The number of aromatic nitrogens is 2. The molecule has 0 atom stereocenters. The second-order valence-electron chi connectivity index (χ2n) is 4.82. The van der Waals surface area contributed by atoms with E-state index in [1.54, 1.807) is 12.4 Å². The van der Waals surface area contributed by atoms with Crippen molar-refractivity contribution in [2.45, 2.75) is 26.2 Å². The minimum atomic E-state index is -0.0333. The van der Waals surface area contributed by atoms with Crippen molar-refractivity contribution in [3.05, 3.63) is 53.6 Å². The first-order chi connectivity index (χ1) is 9.16. The quantitative estimate of drug-likeness (QED) is 0.864. The highest BCUT2D eigenvalue weighted by Gasteiger charge is 2.07. The number of imidazole rings is 1. The van der Waals surface area contributed by atoms with E-state index in [1.165, 1.54) is 5.56 Å². The van der Waals surface area contributed by atoms with Gasteiger partial charge < -0.3 is 10.3 Å². The van der Waals surface area contributed by atoms with Gasteiger partial charge >= 0.3 is 0 Å². The molecule has 100 valence electrons. The molecule has 0 aliphatic rings. The molecule has 1 aromatic heterocycles. The minimum Gasteiger partial charge on any atom is -0.352 e. The molecule has 2 aromatic rings. The molecule has 1 amide bonds. The van der Waals surface area contributed by atoms with Gasteiger partial charge in [0.15, 0.2) is 0 Å². The molecule has 0 bridgehead atoms. The first-order valence-electron chi connectivity index (χ1n) is 6.53. The summed E-state index contributed by atoms with van der Waals surface area (Å²) in [5.41, 5.74) is 1.89. The lowest BCUT2D eigenvalue weighted by Gasteiger charge is -2.08. The number of carbonyl (C=O) groups excluding carboxylic acids is 1. The molecule has 4 nitrogen and oxygen atoms in total. The number of H-pyrrole nitrogens is 1. The zero-order valence-electron chi connectivity index (χ0n) is 11.3. The van der Waals surface area contributed by atoms with Crippen molar-refractivity contribution in [2.75, 3.05) is 6.54 Å². The zero-order valence-corrected chi connectivity index (χ0v) is 11.3. The topological polar surface area (TPSA) is 57.8 Å². The Morgan fingerprint density at radius 1 is 1.42 bits per heavy atom. The van der Waals surface area contributed by atoms with E-state index < -0.39 is 0 Å². The number of nitrogens with zero attached hydrogens (tertiary/aromatic N) is 1. The standard InChI is InChI=1S/C15H19N3O/c1-11(2)12-4-3-5-13(10-12)15(19)18-7-6-14-16-8-9-17-14/h3-5,8-11H,6-7H2,1-2H3,(H,16,17)(H,18,19). The number of rotatable bonds is 5. The number of hydrogen-bond acceptors (Lipinski definition) is 2. The van der Waals surface area contributed by atoms with Gasteiger partial charge in [0.2, 0.25) is 0 Å². The van der Waals surface area contributed by atoms with Gasteiger partial charge in [-0.1, -0.05) is 26.0 Å². The van der Waals surface area contributed by atoms with E-state index in [2.05, 4.69) is 29.1 Å². The Morgan fingerprint density at radius 3 is 2.95 bits per heavy atom. The molecule has 0 aliphatic carbocycles. The van der Waals surface area contributed by atoms with Gasteiger partial charge in [-0.05, 0) is 23.6 Å². The maximum Gasteiger partial charge on any atom is 0.251 e. The number of nitrogens with one attached hydrogen (secondary N) is 2. The van der Waals surface area contributed by atoms with Gasteiger partial charge in [0.1, 0.15) is 5.82 Å². The van der Waals surface area contributed by atoms with Gasteiger partial charge in [0.25, 0.3) is 5.91 Å². The summed E-state index contributed by atoms with van der Waals surface area (Å²) >= 11 is 0. The Morgan fingerprint density at radius 2 is 2.26 bits per heavy atom. The SMILES string of the molecule is CC(C)c1cccc(C(=O)NCCc2ncc[nH]2)c1. The molecule has 2 N–H and O–H groups in total. The number of carbonyl (C=O) groups is 1. The predicted octanol–water partition coefficient (Wildman–Crippen LogP) is 2.51. The van der Waals surface area contributed by atoms with E-state index in [-0.39, 0.29) is 5.91 Å². The first-order valence-corrected chi connectivity index (χ1v) is 6.53. The molecule has 19 heavy (non-hydrogen) atoms. The van der Waals surface area contributed by atoms with Crippen LogP contribution in [0.25, 0.3) is 0 Å². The molecule has 0 spiro atoms. The van der Waals surface area contributed by atoms with Crippen LogP contribution in [-0.4, -0.2) is 22.4 Å². The molecule has 0 radical (unpaired) electrons. The fourth-order valence-corrected chi connectivity index (χ4v) is 1.87. The average Bonchev–Trinajstić information content (AvgIpc) is 2.92. The second kappa shape index (κ2) is 6.18. The van der Waals surface area contributed by atoms with Crippen LogP contribution in [0.5, 0.6) is 0 Å². The van der Waals surface area contributed by atoms with Crippen LogP contribution < -0.4 is 5.32 Å². The maximum atomic E-state index is 12.0. The van der Waals surface area contributed by atoms with Crippen LogP contribution in [0.15, 0.2) is 36.7 Å². The molecule has 0 fully saturated rings. The zero-order chi connectivity index (χ0) is 13.7. The van der Waals surface area contributed by atoms with Crippen molar-refractivity contribution in [3.8, 4) is 0 Å². The summed E-state index contributed by atoms with van der Waals surface area (Å²) in [7, 11) is 0. The lowest BCUT2D eigenvalue weighted by atomic mass is 10.0. The summed E-state index contributed by atoms with van der Waals surface area (Å²) in [6.45, 7) is 4.82. The normalized spacial score (nSPS) is 10.7. The lowest BCUT2D eigenvalue weighted by Crippen LogP contribution is -2.26. The van der Waals surface area contributed by atoms with Crippen LogP contribution in [0.4, 0.5) is 0 Å². The van der Waals surface area contributed by atoms with E-state index in [4.69, 9.17) is 0 Å². The number of hydrogen-bond donors (Lipinski definition) is 2. The summed E-state index contributed by atoms with van der Waals surface area (Å²) in [4.78, 5) is 19.1.